The van der Waals surface area contributed by atoms with Gasteiger partial charge < -0.3 is 9.80 Å². The minimum absolute atomic E-state index is 0.186. The molecule has 0 bridgehead atoms. The van der Waals surface area contributed by atoms with Gasteiger partial charge in [0, 0.05) is 50.1 Å². The molecule has 1 aliphatic heterocycles. The quantitative estimate of drug-likeness (QED) is 0.750. The molecule has 3 rings (SSSR count). The van der Waals surface area contributed by atoms with Gasteiger partial charge in [0.25, 0.3) is 0 Å². The third kappa shape index (κ3) is 4.81. The van der Waals surface area contributed by atoms with Crippen LogP contribution < -0.4 is 4.90 Å². The van der Waals surface area contributed by atoms with Crippen molar-refractivity contribution < 1.29 is 4.79 Å². The van der Waals surface area contributed by atoms with Gasteiger partial charge in [-0.2, -0.15) is 0 Å². The lowest BCUT2D eigenvalue weighted by Gasteiger charge is -2.36. The second-order valence-electron chi connectivity index (χ2n) is 7.10. The van der Waals surface area contributed by atoms with E-state index in [-0.39, 0.29) is 5.92 Å². The number of pyridine rings is 1. The van der Waals surface area contributed by atoms with Crippen LogP contribution in [0.3, 0.4) is 0 Å². The van der Waals surface area contributed by atoms with Crippen molar-refractivity contribution >= 4 is 11.7 Å². The first-order valence-corrected chi connectivity index (χ1v) is 10.0. The summed E-state index contributed by atoms with van der Waals surface area (Å²) in [6, 6.07) is 7.86. The Morgan fingerprint density at radius 3 is 2.19 bits per heavy atom. The van der Waals surface area contributed by atoms with Crippen LogP contribution >= 0.6 is 0 Å². The molecular weight excluding hydrogens is 338 g/mol. The minimum Gasteiger partial charge on any atom is -0.352 e. The number of anilines is 1. The highest BCUT2D eigenvalue weighted by molar-refractivity contribution is 5.79. The molecule has 0 saturated carbocycles. The van der Waals surface area contributed by atoms with Crippen LogP contribution in [-0.2, 0) is 4.79 Å². The lowest BCUT2D eigenvalue weighted by molar-refractivity contribution is -0.136. The number of carbonyl (C=O) groups is 1. The maximum Gasteiger partial charge on any atom is 0.225 e. The summed E-state index contributed by atoms with van der Waals surface area (Å²) in [4.78, 5) is 21.1. The molecule has 0 aromatic carbocycles. The van der Waals surface area contributed by atoms with E-state index in [0.29, 0.717) is 5.91 Å². The topological polar surface area (TPSA) is 62.2 Å². The molecule has 0 aliphatic carbocycles. The Kier molecular flexibility index (Phi) is 6.74. The van der Waals surface area contributed by atoms with E-state index in [4.69, 9.17) is 0 Å². The van der Waals surface area contributed by atoms with Crippen LogP contribution in [0.15, 0.2) is 36.7 Å². The normalized spacial score (nSPS) is 14.6. The number of hydrogen-bond acceptors (Lipinski definition) is 5. The van der Waals surface area contributed by atoms with Crippen LogP contribution in [-0.4, -0.2) is 52.2 Å². The van der Waals surface area contributed by atoms with Crippen LogP contribution in [0.25, 0.3) is 11.3 Å². The van der Waals surface area contributed by atoms with Crippen LogP contribution in [0.2, 0.25) is 0 Å². The zero-order chi connectivity index (χ0) is 19.1. The fourth-order valence-corrected chi connectivity index (χ4v) is 3.67. The number of aromatic nitrogens is 3. The SMILES string of the molecule is CCCC(CCC)C(=O)N1CCN(c2ccc(-c3ccncc3)nn2)CC1. The number of piperazine rings is 1. The van der Waals surface area contributed by atoms with E-state index in [1.54, 1.807) is 12.4 Å². The van der Waals surface area contributed by atoms with E-state index in [2.05, 4.69) is 33.9 Å². The zero-order valence-electron chi connectivity index (χ0n) is 16.3. The number of carbonyl (C=O) groups excluding carboxylic acids is 1. The molecule has 3 heterocycles. The van der Waals surface area contributed by atoms with Crippen molar-refractivity contribution in [2.45, 2.75) is 39.5 Å². The van der Waals surface area contributed by atoms with E-state index >= 15 is 0 Å². The van der Waals surface area contributed by atoms with Crippen molar-refractivity contribution in [3.8, 4) is 11.3 Å². The van der Waals surface area contributed by atoms with E-state index in [9.17, 15) is 4.79 Å². The van der Waals surface area contributed by atoms with E-state index in [1.165, 1.54) is 0 Å². The average molecular weight is 367 g/mol. The van der Waals surface area contributed by atoms with Crippen molar-refractivity contribution in [2.75, 3.05) is 31.1 Å². The summed E-state index contributed by atoms with van der Waals surface area (Å²) in [5, 5.41) is 8.75. The number of rotatable bonds is 7. The summed E-state index contributed by atoms with van der Waals surface area (Å²) in [6.45, 7) is 7.44. The molecule has 0 radical (unpaired) electrons. The largest absolute Gasteiger partial charge is 0.352 e. The van der Waals surface area contributed by atoms with Crippen LogP contribution in [0.5, 0.6) is 0 Å². The van der Waals surface area contributed by atoms with E-state index in [1.807, 2.05) is 29.2 Å². The summed E-state index contributed by atoms with van der Waals surface area (Å²) in [7, 11) is 0. The van der Waals surface area contributed by atoms with Gasteiger partial charge >= 0.3 is 0 Å². The highest BCUT2D eigenvalue weighted by atomic mass is 16.2. The molecule has 1 fully saturated rings. The van der Waals surface area contributed by atoms with Gasteiger partial charge in [0.15, 0.2) is 5.82 Å². The predicted molar refractivity (Wildman–Crippen MR) is 107 cm³/mol. The molecule has 0 spiro atoms. The van der Waals surface area contributed by atoms with E-state index in [0.717, 1.165) is 68.9 Å². The average Bonchev–Trinajstić information content (AvgIpc) is 2.74. The highest BCUT2D eigenvalue weighted by Gasteiger charge is 2.27. The molecule has 0 unspecified atom stereocenters. The number of amides is 1. The minimum atomic E-state index is 0.186. The van der Waals surface area contributed by atoms with Gasteiger partial charge in [-0.25, -0.2) is 0 Å². The lowest BCUT2D eigenvalue weighted by Crippen LogP contribution is -2.50. The molecule has 1 saturated heterocycles. The number of hydrogen-bond donors (Lipinski definition) is 0. The molecule has 144 valence electrons. The van der Waals surface area contributed by atoms with Gasteiger partial charge in [0.05, 0.1) is 5.69 Å². The maximum absolute atomic E-state index is 12.8. The zero-order valence-corrected chi connectivity index (χ0v) is 16.3. The van der Waals surface area contributed by atoms with Gasteiger partial charge in [0.2, 0.25) is 5.91 Å². The summed E-state index contributed by atoms with van der Waals surface area (Å²) in [5.74, 6) is 1.39. The smallest absolute Gasteiger partial charge is 0.225 e. The molecule has 0 N–H and O–H groups in total. The molecule has 2 aromatic heterocycles. The van der Waals surface area contributed by atoms with Gasteiger partial charge in [-0.15, -0.1) is 10.2 Å². The van der Waals surface area contributed by atoms with Crippen molar-refractivity contribution in [1.29, 1.82) is 0 Å². The van der Waals surface area contributed by atoms with Gasteiger partial charge in [-0.3, -0.25) is 9.78 Å². The van der Waals surface area contributed by atoms with E-state index < -0.39 is 0 Å². The predicted octanol–water partition coefficient (Wildman–Crippen LogP) is 3.40. The fraction of sp³-hybridized carbons (Fsp3) is 0.524. The molecule has 6 nitrogen and oxygen atoms in total. The molecule has 1 amide bonds. The van der Waals surface area contributed by atoms with Crippen molar-refractivity contribution in [1.82, 2.24) is 20.1 Å². The van der Waals surface area contributed by atoms with Gasteiger partial charge in [-0.05, 0) is 37.1 Å². The molecular formula is C21H29N5O. The second kappa shape index (κ2) is 9.44. The van der Waals surface area contributed by atoms with Crippen molar-refractivity contribution in [3.05, 3.63) is 36.7 Å². The first kappa shape index (κ1) is 19.3. The highest BCUT2D eigenvalue weighted by Crippen LogP contribution is 2.21. The Labute approximate surface area is 161 Å². The lowest BCUT2D eigenvalue weighted by atomic mass is 9.96. The summed E-state index contributed by atoms with van der Waals surface area (Å²) in [5.41, 5.74) is 1.86. The van der Waals surface area contributed by atoms with Crippen LogP contribution in [0.4, 0.5) is 5.82 Å². The molecule has 2 aromatic rings. The number of nitrogens with zero attached hydrogens (tertiary/aromatic N) is 5. The molecule has 1 aliphatic rings. The maximum atomic E-state index is 12.8. The fourth-order valence-electron chi connectivity index (χ4n) is 3.67. The first-order valence-electron chi connectivity index (χ1n) is 10.0. The second-order valence-corrected chi connectivity index (χ2v) is 7.10. The Balaban J connectivity index is 1.58. The Bertz CT molecular complexity index is 705. The molecule has 27 heavy (non-hydrogen) atoms. The van der Waals surface area contributed by atoms with Crippen LogP contribution in [0, 0.1) is 5.92 Å². The van der Waals surface area contributed by atoms with Crippen molar-refractivity contribution in [2.24, 2.45) is 5.92 Å². The molecule has 0 atom stereocenters. The summed E-state index contributed by atoms with van der Waals surface area (Å²) in [6.07, 6.45) is 7.63. The van der Waals surface area contributed by atoms with Crippen molar-refractivity contribution in [3.63, 3.8) is 0 Å². The standard InChI is InChI=1S/C21H29N5O/c1-3-5-18(6-4-2)21(27)26-15-13-25(14-16-26)20-8-7-19(23-24-20)17-9-11-22-12-10-17/h7-12,18H,3-6,13-16H2,1-2H3. The third-order valence-corrected chi connectivity index (χ3v) is 5.17. The van der Waals surface area contributed by atoms with Crippen LogP contribution in [0.1, 0.15) is 39.5 Å². The van der Waals surface area contributed by atoms with Gasteiger partial charge in [0.1, 0.15) is 0 Å². The Hall–Kier alpha value is -2.50. The molecule has 6 heteroatoms. The van der Waals surface area contributed by atoms with Gasteiger partial charge in [-0.1, -0.05) is 26.7 Å². The Morgan fingerprint density at radius 2 is 1.63 bits per heavy atom. The summed E-state index contributed by atoms with van der Waals surface area (Å²) < 4.78 is 0. The third-order valence-electron chi connectivity index (χ3n) is 5.17. The summed E-state index contributed by atoms with van der Waals surface area (Å²) >= 11 is 0. The monoisotopic (exact) mass is 367 g/mol. The Morgan fingerprint density at radius 1 is 0.963 bits per heavy atom. The first-order chi connectivity index (χ1) is 13.2.